The van der Waals surface area contributed by atoms with Crippen molar-refractivity contribution < 1.29 is 4.79 Å². The van der Waals surface area contributed by atoms with Crippen LogP contribution in [-0.2, 0) is 11.2 Å². The van der Waals surface area contributed by atoms with Crippen LogP contribution in [-0.4, -0.2) is 54.5 Å². The van der Waals surface area contributed by atoms with E-state index in [1.54, 1.807) is 0 Å². The molecule has 4 nitrogen and oxygen atoms in total. The van der Waals surface area contributed by atoms with Gasteiger partial charge in [-0.05, 0) is 42.6 Å². The zero-order valence-electron chi connectivity index (χ0n) is 16.2. The number of rotatable bonds is 4. The third-order valence-electron chi connectivity index (χ3n) is 6.08. The summed E-state index contributed by atoms with van der Waals surface area (Å²) in [5.41, 5.74) is 7.72. The maximum Gasteiger partial charge on any atom is 0.236 e. The number of nitrogens with zero attached hydrogens (tertiary/aromatic N) is 2. The standard InChI is InChI=1S/C21H33N3O.ClH/c1-21(2)16-23(11-10-19(21)22)15-20(25)24-12-8-18(9-13-24)14-17-6-4-3-5-7-17;/h3-7,18-19H,8-16,22H2,1-2H3;1H. The predicted molar refractivity (Wildman–Crippen MR) is 110 cm³/mol. The summed E-state index contributed by atoms with van der Waals surface area (Å²) in [5, 5.41) is 0. The normalized spacial score (nSPS) is 24.1. The second-order valence-electron chi connectivity index (χ2n) is 8.61. The van der Waals surface area contributed by atoms with Crippen LogP contribution in [0.3, 0.4) is 0 Å². The van der Waals surface area contributed by atoms with Crippen LogP contribution in [0.5, 0.6) is 0 Å². The van der Waals surface area contributed by atoms with Crippen LogP contribution in [0.2, 0.25) is 0 Å². The summed E-state index contributed by atoms with van der Waals surface area (Å²) in [6.07, 6.45) is 4.37. The second-order valence-corrected chi connectivity index (χ2v) is 8.61. The molecular formula is C21H34ClN3O. The average Bonchev–Trinajstić information content (AvgIpc) is 2.59. The number of hydrogen-bond donors (Lipinski definition) is 1. The van der Waals surface area contributed by atoms with Gasteiger partial charge in [0.15, 0.2) is 0 Å². The molecule has 0 aromatic heterocycles. The van der Waals surface area contributed by atoms with Gasteiger partial charge in [-0.3, -0.25) is 9.69 Å². The van der Waals surface area contributed by atoms with Gasteiger partial charge in [-0.25, -0.2) is 0 Å². The molecular weight excluding hydrogens is 346 g/mol. The van der Waals surface area contributed by atoms with E-state index in [0.717, 1.165) is 51.9 Å². The molecule has 26 heavy (non-hydrogen) atoms. The van der Waals surface area contributed by atoms with Crippen molar-refractivity contribution in [1.82, 2.24) is 9.80 Å². The van der Waals surface area contributed by atoms with Gasteiger partial charge in [-0.1, -0.05) is 44.2 Å². The lowest BCUT2D eigenvalue weighted by Crippen LogP contribution is -2.55. The average molecular weight is 380 g/mol. The molecule has 1 unspecified atom stereocenters. The largest absolute Gasteiger partial charge is 0.342 e. The molecule has 2 aliphatic heterocycles. The predicted octanol–water partition coefficient (Wildman–Crippen LogP) is 2.95. The highest BCUT2D eigenvalue weighted by Gasteiger charge is 2.34. The highest BCUT2D eigenvalue weighted by Crippen LogP contribution is 2.28. The number of benzene rings is 1. The quantitative estimate of drug-likeness (QED) is 0.874. The van der Waals surface area contributed by atoms with E-state index in [9.17, 15) is 4.79 Å². The van der Waals surface area contributed by atoms with E-state index in [0.29, 0.717) is 18.4 Å². The van der Waals surface area contributed by atoms with Crippen molar-refractivity contribution in [3.8, 4) is 0 Å². The number of likely N-dealkylation sites (tertiary alicyclic amines) is 2. The number of nitrogens with two attached hydrogens (primary N) is 1. The molecule has 0 radical (unpaired) electrons. The summed E-state index contributed by atoms with van der Waals surface area (Å²) in [6, 6.07) is 11.0. The zero-order valence-corrected chi connectivity index (χ0v) is 17.0. The molecule has 0 bridgehead atoms. The maximum absolute atomic E-state index is 12.7. The van der Waals surface area contributed by atoms with Gasteiger partial charge in [0.05, 0.1) is 6.54 Å². The van der Waals surface area contributed by atoms with E-state index in [-0.39, 0.29) is 23.9 Å². The van der Waals surface area contributed by atoms with Gasteiger partial charge in [0.1, 0.15) is 0 Å². The molecule has 2 N–H and O–H groups in total. The van der Waals surface area contributed by atoms with E-state index in [2.05, 4.69) is 54.0 Å². The maximum atomic E-state index is 12.7. The Labute approximate surface area is 164 Å². The Bertz CT molecular complexity index is 570. The van der Waals surface area contributed by atoms with E-state index >= 15 is 0 Å². The minimum atomic E-state index is 0. The minimum absolute atomic E-state index is 0. The molecule has 1 atom stereocenters. The number of piperidine rings is 2. The number of amides is 1. The SMILES string of the molecule is CC1(C)CN(CC(=O)N2CCC(Cc3ccccc3)CC2)CCC1N.Cl. The Morgan fingerprint density at radius 2 is 1.77 bits per heavy atom. The van der Waals surface area contributed by atoms with Crippen LogP contribution < -0.4 is 5.73 Å². The molecule has 5 heteroatoms. The first-order valence-electron chi connectivity index (χ1n) is 9.74. The van der Waals surface area contributed by atoms with Crippen molar-refractivity contribution in [2.24, 2.45) is 17.1 Å². The van der Waals surface area contributed by atoms with Crippen LogP contribution in [0, 0.1) is 11.3 Å². The fraction of sp³-hybridized carbons (Fsp3) is 0.667. The summed E-state index contributed by atoms with van der Waals surface area (Å²) in [7, 11) is 0. The highest BCUT2D eigenvalue weighted by molar-refractivity contribution is 5.85. The van der Waals surface area contributed by atoms with Gasteiger partial charge in [0.2, 0.25) is 5.91 Å². The zero-order chi connectivity index (χ0) is 17.9. The Morgan fingerprint density at radius 1 is 1.12 bits per heavy atom. The Hall–Kier alpha value is -1.10. The lowest BCUT2D eigenvalue weighted by molar-refractivity contribution is -0.134. The van der Waals surface area contributed by atoms with Crippen molar-refractivity contribution >= 4 is 18.3 Å². The molecule has 1 amide bonds. The van der Waals surface area contributed by atoms with Crippen LogP contribution in [0.25, 0.3) is 0 Å². The Balaban J connectivity index is 0.00000243. The van der Waals surface area contributed by atoms with Crippen LogP contribution in [0.4, 0.5) is 0 Å². The Kier molecular flexibility index (Phi) is 7.51. The molecule has 2 aliphatic rings. The molecule has 1 aromatic rings. The van der Waals surface area contributed by atoms with Gasteiger partial charge in [-0.2, -0.15) is 0 Å². The van der Waals surface area contributed by atoms with Gasteiger partial charge >= 0.3 is 0 Å². The van der Waals surface area contributed by atoms with Crippen LogP contribution in [0.15, 0.2) is 30.3 Å². The highest BCUT2D eigenvalue weighted by atomic mass is 35.5. The first-order valence-corrected chi connectivity index (χ1v) is 9.74. The monoisotopic (exact) mass is 379 g/mol. The van der Waals surface area contributed by atoms with Crippen molar-refractivity contribution in [3.05, 3.63) is 35.9 Å². The third-order valence-corrected chi connectivity index (χ3v) is 6.08. The molecule has 2 fully saturated rings. The van der Waals surface area contributed by atoms with Gasteiger partial charge in [0, 0.05) is 32.2 Å². The summed E-state index contributed by atoms with van der Waals surface area (Å²) >= 11 is 0. The first kappa shape index (κ1) is 21.2. The first-order chi connectivity index (χ1) is 11.9. The fourth-order valence-electron chi connectivity index (χ4n) is 4.25. The number of carbonyl (C=O) groups excluding carboxylic acids is 1. The van der Waals surface area contributed by atoms with Crippen LogP contribution in [0.1, 0.15) is 38.7 Å². The topological polar surface area (TPSA) is 49.6 Å². The smallest absolute Gasteiger partial charge is 0.236 e. The van der Waals surface area contributed by atoms with E-state index in [4.69, 9.17) is 5.73 Å². The molecule has 3 rings (SSSR count). The number of hydrogen-bond acceptors (Lipinski definition) is 3. The fourth-order valence-corrected chi connectivity index (χ4v) is 4.25. The van der Waals surface area contributed by atoms with E-state index in [1.807, 2.05) is 0 Å². The molecule has 146 valence electrons. The lowest BCUT2D eigenvalue weighted by atomic mass is 9.80. The molecule has 2 heterocycles. The second kappa shape index (κ2) is 9.20. The lowest BCUT2D eigenvalue weighted by Gasteiger charge is -2.43. The van der Waals surface area contributed by atoms with Crippen molar-refractivity contribution in [2.75, 3.05) is 32.7 Å². The molecule has 2 saturated heterocycles. The molecule has 0 spiro atoms. The van der Waals surface area contributed by atoms with E-state index in [1.165, 1.54) is 5.56 Å². The molecule has 1 aromatic carbocycles. The summed E-state index contributed by atoms with van der Waals surface area (Å²) in [6.45, 7) is 8.66. The van der Waals surface area contributed by atoms with Gasteiger partial charge < -0.3 is 10.6 Å². The van der Waals surface area contributed by atoms with Gasteiger partial charge in [-0.15, -0.1) is 12.4 Å². The van der Waals surface area contributed by atoms with Crippen molar-refractivity contribution in [1.29, 1.82) is 0 Å². The number of carbonyl (C=O) groups is 1. The Morgan fingerprint density at radius 3 is 2.38 bits per heavy atom. The van der Waals surface area contributed by atoms with E-state index < -0.39 is 0 Å². The minimum Gasteiger partial charge on any atom is -0.342 e. The summed E-state index contributed by atoms with van der Waals surface area (Å²) in [5.74, 6) is 1.00. The van der Waals surface area contributed by atoms with Crippen molar-refractivity contribution in [3.63, 3.8) is 0 Å². The third kappa shape index (κ3) is 5.45. The van der Waals surface area contributed by atoms with Crippen molar-refractivity contribution in [2.45, 2.75) is 45.6 Å². The van der Waals surface area contributed by atoms with Crippen LogP contribution >= 0.6 is 12.4 Å². The number of halogens is 1. The molecule has 0 aliphatic carbocycles. The summed E-state index contributed by atoms with van der Waals surface area (Å²) < 4.78 is 0. The van der Waals surface area contributed by atoms with Gasteiger partial charge in [0.25, 0.3) is 0 Å². The summed E-state index contributed by atoms with van der Waals surface area (Å²) in [4.78, 5) is 17.0. The molecule has 0 saturated carbocycles.